The van der Waals surface area contributed by atoms with Gasteiger partial charge >= 0.3 is 0 Å². The van der Waals surface area contributed by atoms with Crippen LogP contribution in [0, 0.1) is 0 Å². The van der Waals surface area contributed by atoms with Gasteiger partial charge in [-0.3, -0.25) is 38.6 Å². The third kappa shape index (κ3) is 12.9. The van der Waals surface area contributed by atoms with Crippen molar-refractivity contribution < 1.29 is 33.6 Å². The monoisotopic (exact) mass is 839 g/mol. The molecule has 1 aliphatic rings. The van der Waals surface area contributed by atoms with Crippen molar-refractivity contribution in [3.05, 3.63) is 90.1 Å². The van der Waals surface area contributed by atoms with Crippen LogP contribution in [0.2, 0.25) is 0 Å². The zero-order valence-corrected chi connectivity index (χ0v) is 34.0. The van der Waals surface area contributed by atoms with Gasteiger partial charge in [0.25, 0.3) is 0 Å². The molecular weight excluding hydrogens is 787 g/mol. The van der Waals surface area contributed by atoms with Gasteiger partial charge in [-0.05, 0) is 50.3 Å². The lowest BCUT2D eigenvalue weighted by Gasteiger charge is -2.30. The van der Waals surface area contributed by atoms with Crippen molar-refractivity contribution in [1.82, 2.24) is 46.9 Å². The maximum atomic E-state index is 14.4. The van der Waals surface area contributed by atoms with Crippen LogP contribution in [0.4, 0.5) is 0 Å². The molecule has 0 unspecified atom stereocenters. The summed E-state index contributed by atoms with van der Waals surface area (Å²) in [6.07, 6.45) is 4.03. The van der Waals surface area contributed by atoms with Gasteiger partial charge in [0.1, 0.15) is 35.7 Å². The van der Waals surface area contributed by atoms with Crippen LogP contribution < -0.4 is 49.1 Å². The van der Waals surface area contributed by atoms with Gasteiger partial charge in [0.15, 0.2) is 5.96 Å². The summed E-state index contributed by atoms with van der Waals surface area (Å²) >= 11 is 0. The highest BCUT2D eigenvalue weighted by molar-refractivity contribution is 5.98. The number of aromatic amines is 2. The van der Waals surface area contributed by atoms with E-state index >= 15 is 0 Å². The Morgan fingerprint density at radius 1 is 0.754 bits per heavy atom. The van der Waals surface area contributed by atoms with Crippen molar-refractivity contribution in [2.75, 3.05) is 6.54 Å². The first kappa shape index (κ1) is 44.8. The van der Waals surface area contributed by atoms with Crippen molar-refractivity contribution in [3.63, 3.8) is 0 Å². The van der Waals surface area contributed by atoms with E-state index in [4.69, 9.17) is 17.2 Å². The second-order valence-electron chi connectivity index (χ2n) is 15.4. The second kappa shape index (κ2) is 20.6. The lowest BCUT2D eigenvalue weighted by Crippen LogP contribution is -2.62. The molecule has 2 aromatic carbocycles. The number of hydrogen-bond acceptors (Lipinski definition) is 9. The van der Waals surface area contributed by atoms with Crippen LogP contribution in [-0.4, -0.2) is 105 Å². The standard InChI is InChI=1S/C41H53N13O7/c1-41(2)39(61)53-32(19-25-21-45-22-48-25)38(60)51-30(17-23-9-4-3-5-10-23)36(58)50-29(13-8-16-46-40(43)44)35(57)52-31(18-24-20-47-27-12-7-6-11-26(24)27)37(59)49-28(34(42)56)14-15-33(55)54-41/h3-7,9-12,20-22,28-32,47H,8,13-19H2,1-2H3,(H2,42,56)(H,45,48)(H,49,59)(H,50,58)(H,51,60)(H,52,57)(H,53,61)(H,54,55)(H4,43,44,46)/t28-,29-,30+,31-,32-/m0/s1. The molecule has 5 rings (SSSR count). The van der Waals surface area contributed by atoms with Gasteiger partial charge < -0.3 is 59.1 Å². The molecule has 20 heteroatoms. The Morgan fingerprint density at radius 3 is 2.05 bits per heavy atom. The normalized spacial score (nSPS) is 22.1. The van der Waals surface area contributed by atoms with Gasteiger partial charge in [0, 0.05) is 61.2 Å². The smallest absolute Gasteiger partial charge is 0.245 e. The molecule has 5 atom stereocenters. The second-order valence-corrected chi connectivity index (χ2v) is 15.4. The average Bonchev–Trinajstić information content (AvgIpc) is 3.89. The molecule has 2 aromatic heterocycles. The molecule has 0 bridgehead atoms. The number of rotatable bonds is 11. The molecule has 3 heterocycles. The van der Waals surface area contributed by atoms with Gasteiger partial charge in [-0.1, -0.05) is 48.5 Å². The Morgan fingerprint density at radius 2 is 1.38 bits per heavy atom. The van der Waals surface area contributed by atoms with Crippen LogP contribution in [-0.2, 0) is 52.8 Å². The molecular formula is C41H53N13O7. The molecule has 1 aliphatic heterocycles. The Bertz CT molecular complexity index is 2220. The number of guanidine groups is 1. The quantitative estimate of drug-likeness (QED) is 0.0475. The summed E-state index contributed by atoms with van der Waals surface area (Å²) in [6, 6.07) is 9.63. The van der Waals surface area contributed by atoms with Crippen molar-refractivity contribution in [2.45, 2.75) is 94.5 Å². The lowest BCUT2D eigenvalue weighted by molar-refractivity contribution is -0.137. The highest BCUT2D eigenvalue weighted by Gasteiger charge is 2.36. The molecule has 14 N–H and O–H groups in total. The summed E-state index contributed by atoms with van der Waals surface area (Å²) in [6.45, 7) is 2.97. The predicted octanol–water partition coefficient (Wildman–Crippen LogP) is -1.43. The third-order valence-corrected chi connectivity index (χ3v) is 10.2. The SMILES string of the molecule is CC1(C)NC(=O)CC[C@@H](C(N)=O)NC(=O)[C@H](Cc2c[nH]c3ccccc23)NC(=O)[C@H](CCCN=C(N)N)NC(=O)[C@@H](Cc2ccccc2)NC(=O)[C@H](Cc2cnc[nH]2)NC1=O. The van der Waals surface area contributed by atoms with E-state index < -0.39 is 77.1 Å². The number of benzene rings is 2. The Kier molecular flexibility index (Phi) is 15.2. The van der Waals surface area contributed by atoms with Gasteiger partial charge in [-0.2, -0.15) is 0 Å². The number of amides is 7. The summed E-state index contributed by atoms with van der Waals surface area (Å²) in [5.74, 6) is -5.57. The number of nitrogens with one attached hydrogen (secondary N) is 8. The molecule has 0 radical (unpaired) electrons. The van der Waals surface area contributed by atoms with Crippen LogP contribution in [0.3, 0.4) is 0 Å². The van der Waals surface area contributed by atoms with E-state index in [1.807, 2.05) is 24.3 Å². The fraction of sp³-hybridized carbons (Fsp3) is 0.390. The first-order chi connectivity index (χ1) is 29.1. The van der Waals surface area contributed by atoms with E-state index in [2.05, 4.69) is 51.8 Å². The first-order valence-corrected chi connectivity index (χ1v) is 19.8. The molecule has 1 fully saturated rings. The summed E-state index contributed by atoms with van der Waals surface area (Å²) < 4.78 is 0. The largest absolute Gasteiger partial charge is 0.370 e. The van der Waals surface area contributed by atoms with E-state index in [9.17, 15) is 33.6 Å². The minimum absolute atomic E-state index is 0.00556. The van der Waals surface area contributed by atoms with Gasteiger partial charge in [-0.15, -0.1) is 0 Å². The fourth-order valence-electron chi connectivity index (χ4n) is 6.84. The fourth-order valence-corrected chi connectivity index (χ4v) is 6.84. The first-order valence-electron chi connectivity index (χ1n) is 19.8. The topological polar surface area (TPSA) is 327 Å². The summed E-state index contributed by atoms with van der Waals surface area (Å²) in [7, 11) is 0. The molecule has 20 nitrogen and oxygen atoms in total. The average molecular weight is 840 g/mol. The van der Waals surface area contributed by atoms with Gasteiger partial charge in [0.2, 0.25) is 41.4 Å². The van der Waals surface area contributed by atoms with E-state index in [1.165, 1.54) is 26.4 Å². The van der Waals surface area contributed by atoms with Crippen LogP contribution in [0.25, 0.3) is 10.9 Å². The zero-order valence-electron chi connectivity index (χ0n) is 34.0. The number of carbonyl (C=O) groups excluding carboxylic acids is 7. The highest BCUT2D eigenvalue weighted by Crippen LogP contribution is 2.20. The van der Waals surface area contributed by atoms with E-state index in [-0.39, 0.29) is 57.5 Å². The highest BCUT2D eigenvalue weighted by atomic mass is 16.2. The zero-order chi connectivity index (χ0) is 44.1. The molecule has 324 valence electrons. The van der Waals surface area contributed by atoms with Crippen molar-refractivity contribution in [1.29, 1.82) is 0 Å². The van der Waals surface area contributed by atoms with E-state index in [0.29, 0.717) is 16.8 Å². The number of para-hydroxylation sites is 1. The van der Waals surface area contributed by atoms with Crippen molar-refractivity contribution in [2.24, 2.45) is 22.2 Å². The van der Waals surface area contributed by atoms with Crippen LogP contribution in [0.15, 0.2) is 78.3 Å². The number of nitrogens with two attached hydrogens (primary N) is 3. The van der Waals surface area contributed by atoms with Crippen LogP contribution in [0.5, 0.6) is 0 Å². The molecule has 4 aromatic rings. The number of nitrogens with zero attached hydrogens (tertiary/aromatic N) is 2. The third-order valence-electron chi connectivity index (χ3n) is 10.2. The molecule has 0 spiro atoms. The number of H-pyrrole nitrogens is 2. The number of hydrogen-bond donors (Lipinski definition) is 11. The van der Waals surface area contributed by atoms with Gasteiger partial charge in [-0.25, -0.2) is 4.98 Å². The maximum Gasteiger partial charge on any atom is 0.245 e. The minimum atomic E-state index is -1.59. The molecule has 0 saturated carbocycles. The maximum absolute atomic E-state index is 14.4. The number of aliphatic imine (C=N–C) groups is 1. The Labute approximate surface area is 351 Å². The minimum Gasteiger partial charge on any atom is -0.370 e. The van der Waals surface area contributed by atoms with E-state index in [1.54, 1.807) is 36.5 Å². The summed E-state index contributed by atoms with van der Waals surface area (Å²) in [5, 5.41) is 17.0. The predicted molar refractivity (Wildman–Crippen MR) is 225 cm³/mol. The lowest BCUT2D eigenvalue weighted by atomic mass is 10.00. The van der Waals surface area contributed by atoms with Crippen LogP contribution >= 0.6 is 0 Å². The number of imidazole rings is 1. The van der Waals surface area contributed by atoms with Crippen molar-refractivity contribution in [3.8, 4) is 0 Å². The number of carbonyl (C=O) groups is 7. The number of aromatic nitrogens is 3. The molecule has 61 heavy (non-hydrogen) atoms. The van der Waals surface area contributed by atoms with Gasteiger partial charge in [0.05, 0.1) is 6.33 Å². The van der Waals surface area contributed by atoms with Crippen molar-refractivity contribution >= 4 is 58.2 Å². The van der Waals surface area contributed by atoms with Crippen LogP contribution in [0.1, 0.15) is 56.4 Å². The molecule has 7 amide bonds. The summed E-state index contributed by atoms with van der Waals surface area (Å²) in [4.78, 5) is 111. The molecule has 1 saturated heterocycles. The summed E-state index contributed by atoms with van der Waals surface area (Å²) in [5.41, 5.74) is 17.8. The number of fused-ring (bicyclic) bond motifs is 1. The number of primary amides is 1. The van der Waals surface area contributed by atoms with E-state index in [0.717, 1.165) is 10.9 Å². The molecule has 0 aliphatic carbocycles. The Hall–Kier alpha value is -7.25. The Balaban J connectivity index is 1.55.